The number of rotatable bonds is 4. The molecule has 1 aliphatic rings. The fraction of sp³-hybridized carbons (Fsp3) is 0.412. The highest BCUT2D eigenvalue weighted by atomic mass is 35.5. The Balaban J connectivity index is 0.00000192. The average molecular weight is 355 g/mol. The maximum atomic E-state index is 12.6. The lowest BCUT2D eigenvalue weighted by molar-refractivity contribution is 0.357. The SMILES string of the molecule is Cl.Nc1cccc2c(S(=O)(=O)NCC3CCCCC3)cccc12. The second-order valence-corrected chi connectivity index (χ2v) is 7.79. The summed E-state index contributed by atoms with van der Waals surface area (Å²) < 4.78 is 28.1. The van der Waals surface area contributed by atoms with Crippen molar-refractivity contribution in [1.82, 2.24) is 4.72 Å². The van der Waals surface area contributed by atoms with Crippen molar-refractivity contribution < 1.29 is 8.42 Å². The van der Waals surface area contributed by atoms with E-state index in [9.17, 15) is 8.42 Å². The third-order valence-electron chi connectivity index (χ3n) is 4.49. The van der Waals surface area contributed by atoms with E-state index >= 15 is 0 Å². The molecule has 1 aliphatic carbocycles. The largest absolute Gasteiger partial charge is 0.398 e. The van der Waals surface area contributed by atoms with Gasteiger partial charge in [-0.3, -0.25) is 0 Å². The number of nitrogen functional groups attached to an aromatic ring is 1. The number of fused-ring (bicyclic) bond motifs is 1. The van der Waals surface area contributed by atoms with Crippen LogP contribution in [0, 0.1) is 5.92 Å². The quantitative estimate of drug-likeness (QED) is 0.822. The lowest BCUT2D eigenvalue weighted by atomic mass is 9.90. The summed E-state index contributed by atoms with van der Waals surface area (Å²) in [6.45, 7) is 0.529. The Labute approximate surface area is 143 Å². The van der Waals surface area contributed by atoms with Gasteiger partial charge in [0.2, 0.25) is 10.0 Å². The van der Waals surface area contributed by atoms with Crippen LogP contribution in [0.5, 0.6) is 0 Å². The second kappa shape index (κ2) is 7.51. The average Bonchev–Trinajstić information content (AvgIpc) is 2.54. The van der Waals surface area contributed by atoms with E-state index in [0.29, 0.717) is 28.4 Å². The highest BCUT2D eigenvalue weighted by molar-refractivity contribution is 7.89. The first-order valence-electron chi connectivity index (χ1n) is 7.85. The Hall–Kier alpha value is -1.30. The van der Waals surface area contributed by atoms with Gasteiger partial charge in [0.05, 0.1) is 4.90 Å². The van der Waals surface area contributed by atoms with Gasteiger partial charge in [-0.2, -0.15) is 0 Å². The topological polar surface area (TPSA) is 72.2 Å². The standard InChI is InChI=1S/C17H22N2O2S.ClH/c18-16-10-4-9-15-14(16)8-5-11-17(15)22(20,21)19-12-13-6-2-1-3-7-13;/h4-5,8-11,13,19H,1-3,6-7,12,18H2;1H. The molecule has 126 valence electrons. The predicted octanol–water partition coefficient (Wildman–Crippen LogP) is 3.70. The predicted molar refractivity (Wildman–Crippen MR) is 97.4 cm³/mol. The number of nitrogens with one attached hydrogen (secondary N) is 1. The number of sulfonamides is 1. The summed E-state index contributed by atoms with van der Waals surface area (Å²) in [7, 11) is -3.51. The zero-order valence-corrected chi connectivity index (χ0v) is 14.6. The first-order valence-corrected chi connectivity index (χ1v) is 9.33. The molecule has 0 unspecified atom stereocenters. The lowest BCUT2D eigenvalue weighted by Crippen LogP contribution is -2.30. The van der Waals surface area contributed by atoms with Gasteiger partial charge in [0.25, 0.3) is 0 Å². The van der Waals surface area contributed by atoms with Crippen LogP contribution >= 0.6 is 12.4 Å². The Kier molecular flexibility index (Phi) is 5.89. The minimum absolute atomic E-state index is 0. The van der Waals surface area contributed by atoms with Gasteiger partial charge in [0.1, 0.15) is 0 Å². The van der Waals surface area contributed by atoms with Crippen LogP contribution in [-0.2, 0) is 10.0 Å². The zero-order chi connectivity index (χ0) is 15.6. The highest BCUT2D eigenvalue weighted by Gasteiger charge is 2.20. The van der Waals surface area contributed by atoms with Crippen molar-refractivity contribution >= 4 is 38.9 Å². The van der Waals surface area contributed by atoms with Crippen LogP contribution in [0.1, 0.15) is 32.1 Å². The molecule has 3 rings (SSSR count). The fourth-order valence-corrected chi connectivity index (χ4v) is 4.57. The summed E-state index contributed by atoms with van der Waals surface area (Å²) in [4.78, 5) is 0.313. The van der Waals surface area contributed by atoms with Crippen LogP contribution in [0.15, 0.2) is 41.3 Å². The smallest absolute Gasteiger partial charge is 0.241 e. The summed E-state index contributed by atoms with van der Waals surface area (Å²) in [6.07, 6.45) is 5.91. The molecule has 6 heteroatoms. The Morgan fingerprint density at radius 1 is 1.00 bits per heavy atom. The molecule has 0 saturated heterocycles. The van der Waals surface area contributed by atoms with E-state index in [1.165, 1.54) is 19.3 Å². The van der Waals surface area contributed by atoms with Gasteiger partial charge in [-0.25, -0.2) is 13.1 Å². The molecule has 0 amide bonds. The van der Waals surface area contributed by atoms with E-state index in [0.717, 1.165) is 18.2 Å². The molecule has 0 radical (unpaired) electrons. The van der Waals surface area contributed by atoms with Crippen molar-refractivity contribution in [2.45, 2.75) is 37.0 Å². The molecule has 0 bridgehead atoms. The van der Waals surface area contributed by atoms with E-state index in [1.54, 1.807) is 30.3 Å². The third-order valence-corrected chi connectivity index (χ3v) is 5.97. The highest BCUT2D eigenvalue weighted by Crippen LogP contribution is 2.28. The van der Waals surface area contributed by atoms with Crippen molar-refractivity contribution in [3.8, 4) is 0 Å². The zero-order valence-electron chi connectivity index (χ0n) is 13.0. The second-order valence-electron chi connectivity index (χ2n) is 6.05. The summed E-state index contributed by atoms with van der Waals surface area (Å²) in [5, 5.41) is 1.46. The van der Waals surface area contributed by atoms with Crippen LogP contribution in [0.3, 0.4) is 0 Å². The van der Waals surface area contributed by atoms with Crippen LogP contribution in [0.25, 0.3) is 10.8 Å². The molecule has 0 aliphatic heterocycles. The van der Waals surface area contributed by atoms with Gasteiger partial charge in [0.15, 0.2) is 0 Å². The number of hydrogen-bond donors (Lipinski definition) is 2. The van der Waals surface area contributed by atoms with Crippen LogP contribution in [0.2, 0.25) is 0 Å². The van der Waals surface area contributed by atoms with E-state index < -0.39 is 10.0 Å². The van der Waals surface area contributed by atoms with E-state index in [-0.39, 0.29) is 12.4 Å². The van der Waals surface area contributed by atoms with Gasteiger partial charge in [-0.05, 0) is 30.9 Å². The van der Waals surface area contributed by atoms with Crippen LogP contribution in [-0.4, -0.2) is 15.0 Å². The Morgan fingerprint density at radius 2 is 1.65 bits per heavy atom. The van der Waals surface area contributed by atoms with Gasteiger partial charge in [0, 0.05) is 23.0 Å². The molecule has 3 N–H and O–H groups in total. The van der Waals surface area contributed by atoms with E-state index in [2.05, 4.69) is 4.72 Å². The minimum atomic E-state index is -3.51. The van der Waals surface area contributed by atoms with Gasteiger partial charge < -0.3 is 5.73 Å². The van der Waals surface area contributed by atoms with Crippen molar-refractivity contribution in [2.75, 3.05) is 12.3 Å². The maximum Gasteiger partial charge on any atom is 0.241 e. The maximum absolute atomic E-state index is 12.6. The Morgan fingerprint density at radius 3 is 2.39 bits per heavy atom. The number of anilines is 1. The van der Waals surface area contributed by atoms with Crippen molar-refractivity contribution in [1.29, 1.82) is 0 Å². The first-order chi connectivity index (χ1) is 10.6. The van der Waals surface area contributed by atoms with Crippen molar-refractivity contribution in [3.63, 3.8) is 0 Å². The van der Waals surface area contributed by atoms with Crippen LogP contribution < -0.4 is 10.5 Å². The monoisotopic (exact) mass is 354 g/mol. The van der Waals surface area contributed by atoms with E-state index in [1.807, 2.05) is 6.07 Å². The fourth-order valence-electron chi connectivity index (χ4n) is 3.24. The lowest BCUT2D eigenvalue weighted by Gasteiger charge is -2.22. The molecular weight excluding hydrogens is 332 g/mol. The minimum Gasteiger partial charge on any atom is -0.398 e. The summed E-state index contributed by atoms with van der Waals surface area (Å²) in [6, 6.07) is 10.6. The molecule has 0 aromatic heterocycles. The normalized spacial score (nSPS) is 16.2. The molecule has 0 atom stereocenters. The molecule has 1 saturated carbocycles. The van der Waals surface area contributed by atoms with Crippen molar-refractivity contribution in [3.05, 3.63) is 36.4 Å². The molecule has 23 heavy (non-hydrogen) atoms. The van der Waals surface area contributed by atoms with Gasteiger partial charge >= 0.3 is 0 Å². The number of halogens is 1. The molecular formula is C17H23ClN2O2S. The summed E-state index contributed by atoms with van der Waals surface area (Å²) in [5.74, 6) is 0.462. The van der Waals surface area contributed by atoms with Gasteiger partial charge in [-0.1, -0.05) is 43.5 Å². The Bertz CT molecular complexity index is 771. The molecule has 0 spiro atoms. The molecule has 0 heterocycles. The van der Waals surface area contributed by atoms with Gasteiger partial charge in [-0.15, -0.1) is 12.4 Å². The van der Waals surface area contributed by atoms with Crippen molar-refractivity contribution in [2.24, 2.45) is 5.92 Å². The molecule has 2 aromatic rings. The molecule has 4 nitrogen and oxygen atoms in total. The number of hydrogen-bond acceptors (Lipinski definition) is 3. The molecule has 1 fully saturated rings. The van der Waals surface area contributed by atoms with E-state index in [4.69, 9.17) is 5.73 Å². The number of benzene rings is 2. The van der Waals surface area contributed by atoms with Crippen LogP contribution in [0.4, 0.5) is 5.69 Å². The number of nitrogens with two attached hydrogens (primary N) is 1. The molecule has 2 aromatic carbocycles. The first kappa shape index (κ1) is 18.0. The summed E-state index contributed by atoms with van der Waals surface area (Å²) >= 11 is 0. The third kappa shape index (κ3) is 3.97. The summed E-state index contributed by atoms with van der Waals surface area (Å²) in [5.41, 5.74) is 6.54.